The minimum Gasteiger partial charge on any atom is -0.508 e. The quantitative estimate of drug-likeness (QED) is 0.0687. The van der Waals surface area contributed by atoms with Crippen LogP contribution in [0.3, 0.4) is 0 Å². The topological polar surface area (TPSA) is 151 Å². The molecule has 19 heteroatoms. The highest BCUT2D eigenvalue weighted by atomic mass is 19.2. The molecular weight excluding hydrogens is 948 g/mol. The van der Waals surface area contributed by atoms with E-state index in [9.17, 15) is 14.7 Å². The Morgan fingerprint density at radius 3 is 2.23 bits per heavy atom. The maximum atomic E-state index is 17.2. The molecule has 7 fully saturated rings. The van der Waals surface area contributed by atoms with E-state index in [4.69, 9.17) is 14.7 Å². The van der Waals surface area contributed by atoms with E-state index in [-0.39, 0.29) is 64.3 Å². The molecule has 3 atom stereocenters. The maximum absolute atomic E-state index is 17.2. The van der Waals surface area contributed by atoms with Gasteiger partial charge in [-0.1, -0.05) is 13.0 Å². The Bertz CT molecular complexity index is 2970. The first-order valence-electron chi connectivity index (χ1n) is 26.1. The highest BCUT2D eigenvalue weighted by molar-refractivity contribution is 6.02. The molecule has 3 aromatic carbocycles. The predicted octanol–water partition coefficient (Wildman–Crippen LogP) is 7.39. The first kappa shape index (κ1) is 48.0. The van der Waals surface area contributed by atoms with Gasteiger partial charge in [0.25, 0.3) is 0 Å². The van der Waals surface area contributed by atoms with E-state index < -0.39 is 52.5 Å². The maximum Gasteiger partial charge on any atom is 0.319 e. The van der Waals surface area contributed by atoms with Crippen LogP contribution in [-0.4, -0.2) is 138 Å². The van der Waals surface area contributed by atoms with E-state index in [0.717, 1.165) is 58.2 Å². The van der Waals surface area contributed by atoms with Gasteiger partial charge in [0.2, 0.25) is 11.8 Å². The number of halogens is 5. The molecule has 12 rings (SSSR count). The number of piperidine rings is 2. The second-order valence-electron chi connectivity index (χ2n) is 22.3. The molecule has 2 bridgehead atoms. The number of imide groups is 1. The molecule has 4 N–H and O–H groups in total. The number of likely N-dealkylation sites (tertiary alicyclic amines) is 1. The number of aromatic hydroxyl groups is 1. The molecule has 3 unspecified atom stereocenters. The molecular formula is C54H61F5N10O4. The van der Waals surface area contributed by atoms with Crippen LogP contribution in [0.15, 0.2) is 42.6 Å². The van der Waals surface area contributed by atoms with Gasteiger partial charge in [0, 0.05) is 93.7 Å². The molecule has 73 heavy (non-hydrogen) atoms. The summed E-state index contributed by atoms with van der Waals surface area (Å²) in [6.45, 7) is 8.57. The van der Waals surface area contributed by atoms with Crippen molar-refractivity contribution in [1.82, 2.24) is 35.4 Å². The Balaban J connectivity index is 0.672. The Labute approximate surface area is 420 Å². The lowest BCUT2D eigenvalue weighted by Crippen LogP contribution is -2.60. The lowest BCUT2D eigenvalue weighted by molar-refractivity contribution is -0.133. The summed E-state index contributed by atoms with van der Waals surface area (Å²) in [6, 6.07) is 8.16. The summed E-state index contributed by atoms with van der Waals surface area (Å²) < 4.78 is 85.7. The zero-order valence-corrected chi connectivity index (χ0v) is 41.0. The van der Waals surface area contributed by atoms with Gasteiger partial charge < -0.3 is 35.2 Å². The zero-order valence-electron chi connectivity index (χ0n) is 41.0. The van der Waals surface area contributed by atoms with Crippen molar-refractivity contribution in [3.8, 4) is 23.0 Å². The van der Waals surface area contributed by atoms with Gasteiger partial charge in [-0.05, 0) is 129 Å². The van der Waals surface area contributed by atoms with E-state index in [2.05, 4.69) is 35.6 Å². The minimum atomic E-state index is -1.29. The molecule has 0 radical (unpaired) electrons. The van der Waals surface area contributed by atoms with Crippen molar-refractivity contribution in [2.75, 3.05) is 87.2 Å². The van der Waals surface area contributed by atoms with Crippen LogP contribution in [-0.2, 0) is 16.0 Å². The fraction of sp³-hybridized carbons (Fsp3) is 0.537. The summed E-state index contributed by atoms with van der Waals surface area (Å²) >= 11 is 0. The molecule has 7 aliphatic rings. The van der Waals surface area contributed by atoms with E-state index in [0.29, 0.717) is 105 Å². The molecule has 2 saturated carbocycles. The van der Waals surface area contributed by atoms with Gasteiger partial charge in [0.1, 0.15) is 46.0 Å². The van der Waals surface area contributed by atoms with E-state index in [1.54, 1.807) is 18.3 Å². The number of carbonyl (C=O) groups is 2. The number of fused-ring (bicyclic) bond motifs is 4. The molecule has 5 saturated heterocycles. The summed E-state index contributed by atoms with van der Waals surface area (Å²) in [6.07, 6.45) is 9.06. The number of ether oxygens (including phenoxy) is 1. The summed E-state index contributed by atoms with van der Waals surface area (Å²) in [5.41, 5.74) is -0.745. The largest absolute Gasteiger partial charge is 0.508 e. The molecule has 2 aliphatic carbocycles. The molecule has 7 heterocycles. The molecule has 5 aliphatic heterocycles. The Morgan fingerprint density at radius 2 is 1.55 bits per heavy atom. The Morgan fingerprint density at radius 1 is 0.836 bits per heavy atom. The van der Waals surface area contributed by atoms with Crippen molar-refractivity contribution in [2.45, 2.75) is 101 Å². The van der Waals surface area contributed by atoms with Gasteiger partial charge in [0.05, 0.1) is 12.0 Å². The predicted molar refractivity (Wildman–Crippen MR) is 267 cm³/mol. The molecule has 2 aromatic heterocycles. The highest BCUT2D eigenvalue weighted by Crippen LogP contribution is 2.58. The van der Waals surface area contributed by atoms with Crippen LogP contribution in [0.2, 0.25) is 0 Å². The van der Waals surface area contributed by atoms with Crippen LogP contribution in [0.4, 0.5) is 39.1 Å². The lowest BCUT2D eigenvalue weighted by Gasteiger charge is -2.57. The minimum absolute atomic E-state index is 0.0351. The average molecular weight is 1010 g/mol. The van der Waals surface area contributed by atoms with Gasteiger partial charge in [-0.25, -0.2) is 22.0 Å². The van der Waals surface area contributed by atoms with E-state index in [1.165, 1.54) is 24.3 Å². The van der Waals surface area contributed by atoms with Crippen molar-refractivity contribution < 1.29 is 41.4 Å². The third-order valence-electron chi connectivity index (χ3n) is 17.1. The lowest BCUT2D eigenvalue weighted by atomic mass is 9.55. The third kappa shape index (κ3) is 9.27. The zero-order chi connectivity index (χ0) is 50.4. The number of aryl methyl sites for hydroxylation is 1. The summed E-state index contributed by atoms with van der Waals surface area (Å²) in [4.78, 5) is 46.6. The Kier molecular flexibility index (Phi) is 12.2. The van der Waals surface area contributed by atoms with E-state index >= 15 is 22.0 Å². The number of pyridine rings is 1. The van der Waals surface area contributed by atoms with Crippen LogP contribution >= 0.6 is 0 Å². The summed E-state index contributed by atoms with van der Waals surface area (Å²) in [5, 5.41) is 20.7. The van der Waals surface area contributed by atoms with Crippen molar-refractivity contribution in [1.29, 1.82) is 0 Å². The molecule has 14 nitrogen and oxygen atoms in total. The second kappa shape index (κ2) is 18.5. The number of phenols is 1. The highest BCUT2D eigenvalue weighted by Gasteiger charge is 2.57. The number of nitrogens with zero attached hydrogens (tertiary/aromatic N) is 7. The monoisotopic (exact) mass is 1010 g/mol. The first-order valence-corrected chi connectivity index (χ1v) is 26.1. The third-order valence-corrected chi connectivity index (χ3v) is 17.1. The molecule has 5 aromatic rings. The average Bonchev–Trinajstić information content (AvgIpc) is 4.05. The fourth-order valence-electron chi connectivity index (χ4n) is 13.1. The van der Waals surface area contributed by atoms with Crippen LogP contribution in [0.1, 0.15) is 76.7 Å². The SMILES string of the molecule is CCc1c(F)ccc2cc(O)cc(-c3ncc4c(N5CC6CCC(C5)N6)nc(OCC5(CN6CCC7(CC6)CC(F)(CN6CCN(c8cc(F)c(NC9CCC(=O)NC9=O)c(F)c8)CC6)C7)CC5)nc4c3F)c12. The number of alkyl halides is 1. The van der Waals surface area contributed by atoms with Crippen LogP contribution in [0.5, 0.6) is 11.8 Å². The summed E-state index contributed by atoms with van der Waals surface area (Å²) in [5.74, 6) is -3.30. The summed E-state index contributed by atoms with van der Waals surface area (Å²) in [7, 11) is 0. The van der Waals surface area contributed by atoms with Gasteiger partial charge in [-0.2, -0.15) is 9.97 Å². The number of aromatic nitrogens is 3. The number of hydrogen-bond donors (Lipinski definition) is 4. The number of benzene rings is 3. The molecule has 386 valence electrons. The smallest absolute Gasteiger partial charge is 0.319 e. The molecule has 1 spiro atoms. The number of piperazine rings is 2. The first-order chi connectivity index (χ1) is 35.1. The second-order valence-corrected chi connectivity index (χ2v) is 22.3. The number of hydrogen-bond acceptors (Lipinski definition) is 13. The fourth-order valence-corrected chi connectivity index (χ4v) is 13.1. The molecule has 2 amide bonds. The number of nitrogens with one attached hydrogen (secondary N) is 3. The van der Waals surface area contributed by atoms with Crippen molar-refractivity contribution in [3.63, 3.8) is 0 Å². The van der Waals surface area contributed by atoms with Gasteiger partial charge in [0.15, 0.2) is 17.5 Å². The normalized spacial score (nSPS) is 24.5. The van der Waals surface area contributed by atoms with Crippen molar-refractivity contribution in [3.05, 3.63) is 71.4 Å². The standard InChI is InChI=1S/C54H61F5N10O4/c1-2-36-39(55)6-3-31-19-35(70)22-37(44(31)36)46-45(58)47-38(23-60-46)49(69-24-32-4-5-33(25-69)61-32)65-51(64-47)73-30-53(9-10-53)28-66-13-11-52(12-14-66)26-54(59,27-52)29-67-15-17-68(18-16-67)34-20-40(56)48(41(57)21-34)62-42-7-8-43(71)63-50(42)72/h3,6,19-23,32-33,42,61-62,70H,2,4-5,7-18,24-30H2,1H3,(H,63,71,72). The Hall–Kier alpha value is -5.92. The number of carbonyl (C=O) groups excluding carboxylic acids is 2. The van der Waals surface area contributed by atoms with Crippen molar-refractivity contribution in [2.24, 2.45) is 10.8 Å². The number of amides is 2. The van der Waals surface area contributed by atoms with Gasteiger partial charge in [-0.3, -0.25) is 24.8 Å². The van der Waals surface area contributed by atoms with Crippen molar-refractivity contribution >= 4 is 50.7 Å². The van der Waals surface area contributed by atoms with Crippen LogP contribution < -0.4 is 30.5 Å². The number of rotatable bonds is 13. The van der Waals surface area contributed by atoms with Gasteiger partial charge >= 0.3 is 6.01 Å². The van der Waals surface area contributed by atoms with Crippen LogP contribution in [0.25, 0.3) is 32.9 Å². The van der Waals surface area contributed by atoms with Crippen LogP contribution in [0, 0.1) is 34.1 Å². The number of phenolic OH excluding ortho intramolecular Hbond substituents is 1. The number of anilines is 3. The van der Waals surface area contributed by atoms with E-state index in [1.807, 2.05) is 11.8 Å². The van der Waals surface area contributed by atoms with Gasteiger partial charge in [-0.15, -0.1) is 0 Å².